The number of thioether (sulfide) groups is 2. The minimum absolute atomic E-state index is 0.0970. The summed E-state index contributed by atoms with van der Waals surface area (Å²) in [5.41, 5.74) is 4.14. The molecule has 1 aromatic heterocycles. The number of nitrogens with two attached hydrogens (primary N) is 1. The Hall–Kier alpha value is -2.45. The summed E-state index contributed by atoms with van der Waals surface area (Å²) in [6, 6.07) is 16.1. The van der Waals surface area contributed by atoms with E-state index < -0.39 is 0 Å². The van der Waals surface area contributed by atoms with E-state index in [1.807, 2.05) is 57.2 Å². The molecule has 0 unspecified atom stereocenters. The number of anilines is 1. The predicted molar refractivity (Wildman–Crippen MR) is 116 cm³/mol. The van der Waals surface area contributed by atoms with Gasteiger partial charge in [-0.1, -0.05) is 66.0 Å². The molecule has 2 aromatic carbocycles. The fourth-order valence-corrected chi connectivity index (χ4v) is 4.12. The van der Waals surface area contributed by atoms with E-state index in [-0.39, 0.29) is 11.2 Å². The van der Waals surface area contributed by atoms with Gasteiger partial charge in [0, 0.05) is 11.4 Å². The van der Waals surface area contributed by atoms with Gasteiger partial charge in [0.2, 0.25) is 16.2 Å². The third kappa shape index (κ3) is 5.08. The van der Waals surface area contributed by atoms with E-state index in [0.717, 1.165) is 22.6 Å². The van der Waals surface area contributed by atoms with Crippen LogP contribution in [0, 0.1) is 13.8 Å². The number of carbonyl (C=O) groups excluding carboxylic acids is 1. The second-order valence-corrected chi connectivity index (χ2v) is 8.73. The van der Waals surface area contributed by atoms with Crippen molar-refractivity contribution in [1.29, 1.82) is 0 Å². The molecule has 1 atom stereocenters. The van der Waals surface area contributed by atoms with Gasteiger partial charge in [-0.05, 0) is 43.5 Å². The van der Waals surface area contributed by atoms with Gasteiger partial charge in [0.05, 0.1) is 5.25 Å². The lowest BCUT2D eigenvalue weighted by atomic mass is 10.1. The Morgan fingerprint density at radius 2 is 1.86 bits per heavy atom. The number of carbonyl (C=O) groups is 1. The fraction of sp³-hybridized carbons (Fsp3) is 0.250. The summed E-state index contributed by atoms with van der Waals surface area (Å²) in [5.74, 6) is 6.79. The summed E-state index contributed by atoms with van der Waals surface area (Å²) >= 11 is 2.80. The van der Waals surface area contributed by atoms with Crippen LogP contribution in [0.2, 0.25) is 0 Å². The first-order valence-electron chi connectivity index (χ1n) is 8.86. The SMILES string of the molecule is Cc1ccc(C)c(NC(=O)[C@H](C)Sc2nnc(SCc3ccccc3)n2N)c1. The minimum atomic E-state index is -0.363. The van der Waals surface area contributed by atoms with Gasteiger partial charge in [0.15, 0.2) is 0 Å². The van der Waals surface area contributed by atoms with Crippen molar-refractivity contribution in [2.75, 3.05) is 11.2 Å². The monoisotopic (exact) mass is 413 g/mol. The van der Waals surface area contributed by atoms with Gasteiger partial charge in [0.1, 0.15) is 0 Å². The first kappa shape index (κ1) is 20.3. The largest absolute Gasteiger partial charge is 0.335 e. The molecule has 0 spiro atoms. The lowest BCUT2D eigenvalue weighted by Crippen LogP contribution is -2.24. The van der Waals surface area contributed by atoms with Gasteiger partial charge in [-0.2, -0.15) is 0 Å². The maximum atomic E-state index is 12.6. The Morgan fingerprint density at radius 3 is 2.61 bits per heavy atom. The molecule has 28 heavy (non-hydrogen) atoms. The Kier molecular flexibility index (Phi) is 6.64. The summed E-state index contributed by atoms with van der Waals surface area (Å²) < 4.78 is 1.44. The van der Waals surface area contributed by atoms with Crippen LogP contribution < -0.4 is 11.2 Å². The van der Waals surface area contributed by atoms with Crippen molar-refractivity contribution in [1.82, 2.24) is 14.9 Å². The van der Waals surface area contributed by atoms with Crippen LogP contribution in [0.25, 0.3) is 0 Å². The van der Waals surface area contributed by atoms with Crippen LogP contribution >= 0.6 is 23.5 Å². The highest BCUT2D eigenvalue weighted by atomic mass is 32.2. The lowest BCUT2D eigenvalue weighted by Gasteiger charge is -2.13. The standard InChI is InChI=1S/C20H23N5OS2/c1-13-9-10-14(2)17(11-13)22-18(26)15(3)28-20-24-23-19(25(20)21)27-12-16-7-5-4-6-8-16/h4-11,15H,12,21H2,1-3H3,(H,22,26)/t15-/m0/s1. The third-order valence-electron chi connectivity index (χ3n) is 4.15. The summed E-state index contributed by atoms with van der Waals surface area (Å²) in [6.45, 7) is 5.80. The summed E-state index contributed by atoms with van der Waals surface area (Å²) in [7, 11) is 0. The van der Waals surface area contributed by atoms with Crippen LogP contribution in [-0.4, -0.2) is 26.0 Å². The van der Waals surface area contributed by atoms with Crippen molar-refractivity contribution in [3.05, 3.63) is 65.2 Å². The summed E-state index contributed by atoms with van der Waals surface area (Å²) in [4.78, 5) is 12.6. The van der Waals surface area contributed by atoms with Crippen molar-refractivity contribution >= 4 is 35.1 Å². The Morgan fingerprint density at radius 1 is 1.14 bits per heavy atom. The van der Waals surface area contributed by atoms with Gasteiger partial charge in [-0.3, -0.25) is 4.79 Å². The molecule has 1 heterocycles. The third-order valence-corrected chi connectivity index (χ3v) is 6.22. The Labute approximate surface area is 173 Å². The zero-order valence-corrected chi connectivity index (χ0v) is 17.7. The van der Waals surface area contributed by atoms with Crippen molar-refractivity contribution in [2.24, 2.45) is 0 Å². The first-order chi connectivity index (χ1) is 13.4. The molecule has 1 amide bonds. The topological polar surface area (TPSA) is 85.8 Å². The number of nitrogen functional groups attached to an aromatic ring is 1. The molecule has 0 aliphatic rings. The van der Waals surface area contributed by atoms with E-state index in [1.54, 1.807) is 0 Å². The average Bonchev–Trinajstić information content (AvgIpc) is 3.03. The zero-order chi connectivity index (χ0) is 20.1. The highest BCUT2D eigenvalue weighted by molar-refractivity contribution is 8.00. The molecule has 0 fully saturated rings. The molecule has 6 nitrogen and oxygen atoms in total. The molecule has 0 bridgehead atoms. The number of aryl methyl sites for hydroxylation is 2. The van der Waals surface area contributed by atoms with Crippen molar-refractivity contribution in [3.63, 3.8) is 0 Å². The lowest BCUT2D eigenvalue weighted by molar-refractivity contribution is -0.115. The molecule has 146 valence electrons. The normalized spacial score (nSPS) is 12.0. The molecule has 3 aromatic rings. The Bertz CT molecular complexity index is 958. The second-order valence-electron chi connectivity index (χ2n) is 6.48. The van der Waals surface area contributed by atoms with Crippen molar-refractivity contribution < 1.29 is 4.79 Å². The van der Waals surface area contributed by atoms with Crippen LogP contribution in [0.4, 0.5) is 5.69 Å². The molecule has 0 saturated carbocycles. The number of nitrogens with zero attached hydrogens (tertiary/aromatic N) is 3. The van der Waals surface area contributed by atoms with Gasteiger partial charge >= 0.3 is 0 Å². The molecule has 0 radical (unpaired) electrons. The molecular weight excluding hydrogens is 390 g/mol. The van der Waals surface area contributed by atoms with E-state index >= 15 is 0 Å². The fourth-order valence-electron chi connectivity index (χ4n) is 2.48. The van der Waals surface area contributed by atoms with Gasteiger partial charge in [-0.25, -0.2) is 4.68 Å². The number of hydrogen-bond acceptors (Lipinski definition) is 6. The van der Waals surface area contributed by atoms with Crippen LogP contribution in [0.15, 0.2) is 58.8 Å². The van der Waals surface area contributed by atoms with Crippen LogP contribution in [0.3, 0.4) is 0 Å². The van der Waals surface area contributed by atoms with Crippen LogP contribution in [0.1, 0.15) is 23.6 Å². The molecule has 0 aliphatic carbocycles. The molecule has 3 N–H and O–H groups in total. The summed E-state index contributed by atoms with van der Waals surface area (Å²) in [6.07, 6.45) is 0. The minimum Gasteiger partial charge on any atom is -0.335 e. The smallest absolute Gasteiger partial charge is 0.237 e. The summed E-state index contributed by atoms with van der Waals surface area (Å²) in [5, 5.41) is 12.0. The van der Waals surface area contributed by atoms with Gasteiger partial charge < -0.3 is 11.2 Å². The van der Waals surface area contributed by atoms with Crippen molar-refractivity contribution in [2.45, 2.75) is 42.1 Å². The van der Waals surface area contributed by atoms with E-state index in [1.165, 1.54) is 33.8 Å². The molecule has 0 aliphatic heterocycles. The highest BCUT2D eigenvalue weighted by Crippen LogP contribution is 2.27. The first-order valence-corrected chi connectivity index (χ1v) is 10.7. The molecule has 3 rings (SSSR count). The molecular formula is C20H23N5OS2. The molecule has 0 saturated heterocycles. The second kappa shape index (κ2) is 9.16. The number of benzene rings is 2. The van der Waals surface area contributed by atoms with Gasteiger partial charge in [-0.15, -0.1) is 10.2 Å². The predicted octanol–water partition coefficient (Wildman–Crippen LogP) is 4.02. The highest BCUT2D eigenvalue weighted by Gasteiger charge is 2.20. The van der Waals surface area contributed by atoms with Gasteiger partial charge in [0.25, 0.3) is 0 Å². The van der Waals surface area contributed by atoms with Crippen molar-refractivity contribution in [3.8, 4) is 0 Å². The zero-order valence-electron chi connectivity index (χ0n) is 16.0. The van der Waals surface area contributed by atoms with E-state index in [0.29, 0.717) is 10.3 Å². The maximum absolute atomic E-state index is 12.6. The number of amides is 1. The van der Waals surface area contributed by atoms with Crippen LogP contribution in [-0.2, 0) is 10.5 Å². The number of nitrogens with one attached hydrogen (secondary N) is 1. The number of hydrogen-bond donors (Lipinski definition) is 2. The average molecular weight is 414 g/mol. The van der Waals surface area contributed by atoms with E-state index in [2.05, 4.69) is 27.6 Å². The molecule has 8 heteroatoms. The van der Waals surface area contributed by atoms with E-state index in [4.69, 9.17) is 5.84 Å². The van der Waals surface area contributed by atoms with Crippen LogP contribution in [0.5, 0.6) is 0 Å². The number of aromatic nitrogens is 3. The number of rotatable bonds is 7. The quantitative estimate of drug-likeness (QED) is 0.449. The maximum Gasteiger partial charge on any atom is 0.237 e. The van der Waals surface area contributed by atoms with E-state index in [9.17, 15) is 4.79 Å². The Balaban J connectivity index is 1.60.